The van der Waals surface area contributed by atoms with Gasteiger partial charge < -0.3 is 0 Å². The maximum Gasteiger partial charge on any atom is 0.406 e. The minimum atomic E-state index is -3.17. The second kappa shape index (κ2) is 10.2. The summed E-state index contributed by atoms with van der Waals surface area (Å²) < 4.78 is 22.5. The van der Waals surface area contributed by atoms with Crippen LogP contribution in [0.2, 0.25) is 0 Å². The van der Waals surface area contributed by atoms with Gasteiger partial charge in [-0.05, 0) is 24.5 Å². The van der Waals surface area contributed by atoms with Crippen molar-refractivity contribution in [2.24, 2.45) is 0 Å². The van der Waals surface area contributed by atoms with Gasteiger partial charge in [-0.3, -0.25) is 9.05 Å². The summed E-state index contributed by atoms with van der Waals surface area (Å²) in [6, 6.07) is 0. The average molecular weight is 264 g/mol. The molecule has 0 aromatic heterocycles. The molecule has 0 bridgehead atoms. The molecule has 0 unspecified atom stereocenters. The van der Waals surface area contributed by atoms with Crippen molar-refractivity contribution in [3.8, 4) is 10.9 Å². The molecular weight excluding hydrogens is 243 g/mol. The van der Waals surface area contributed by atoms with Gasteiger partial charge in [0.1, 0.15) is 0 Å². The molecule has 0 amide bonds. The number of thioether (sulfide) groups is 1. The van der Waals surface area contributed by atoms with Crippen LogP contribution in [0.15, 0.2) is 0 Å². The zero-order valence-electron chi connectivity index (χ0n) is 10.3. The van der Waals surface area contributed by atoms with E-state index in [1.165, 1.54) is 11.8 Å². The van der Waals surface area contributed by atoms with E-state index in [9.17, 15) is 4.57 Å². The van der Waals surface area contributed by atoms with E-state index in [-0.39, 0.29) is 0 Å². The lowest BCUT2D eigenvalue weighted by molar-refractivity contribution is 0.214. The minimum Gasteiger partial charge on any atom is -0.299 e. The SMILES string of the molecule is CCCOP(=O)(C#CSCCC)OCCC. The molecule has 5 heteroatoms. The molecule has 0 rings (SSSR count). The Balaban J connectivity index is 4.25. The van der Waals surface area contributed by atoms with E-state index in [2.05, 4.69) is 17.8 Å². The van der Waals surface area contributed by atoms with Crippen molar-refractivity contribution >= 4 is 19.4 Å². The van der Waals surface area contributed by atoms with Crippen LogP contribution >= 0.6 is 19.4 Å². The van der Waals surface area contributed by atoms with Gasteiger partial charge in [0.2, 0.25) is 0 Å². The van der Waals surface area contributed by atoms with Gasteiger partial charge in [-0.15, -0.1) is 0 Å². The summed E-state index contributed by atoms with van der Waals surface area (Å²) in [5, 5.41) is 2.80. The Morgan fingerprint density at radius 3 is 2.06 bits per heavy atom. The molecule has 0 aliphatic rings. The van der Waals surface area contributed by atoms with Crippen LogP contribution in [0, 0.1) is 10.9 Å². The number of hydrogen-bond acceptors (Lipinski definition) is 4. The predicted octanol–water partition coefficient (Wildman–Crippen LogP) is 4.09. The Bertz CT molecular complexity index is 258. The molecule has 0 atom stereocenters. The molecule has 0 aliphatic heterocycles. The molecule has 0 heterocycles. The second-order valence-electron chi connectivity index (χ2n) is 3.23. The van der Waals surface area contributed by atoms with Crippen molar-refractivity contribution in [3.63, 3.8) is 0 Å². The Labute approximate surface area is 103 Å². The lowest BCUT2D eigenvalue weighted by Gasteiger charge is -2.11. The highest BCUT2D eigenvalue weighted by Crippen LogP contribution is 2.47. The average Bonchev–Trinajstić information content (AvgIpc) is 2.30. The van der Waals surface area contributed by atoms with E-state index in [1.807, 2.05) is 13.8 Å². The van der Waals surface area contributed by atoms with E-state index < -0.39 is 7.60 Å². The first-order valence-corrected chi connectivity index (χ1v) is 8.24. The summed E-state index contributed by atoms with van der Waals surface area (Å²) in [5.74, 6) is 0.939. The highest BCUT2D eigenvalue weighted by atomic mass is 32.2. The molecule has 0 spiro atoms. The van der Waals surface area contributed by atoms with Crippen molar-refractivity contribution < 1.29 is 13.6 Å². The largest absolute Gasteiger partial charge is 0.406 e. The fraction of sp³-hybridized carbons (Fsp3) is 0.818. The van der Waals surface area contributed by atoms with Crippen LogP contribution in [0.3, 0.4) is 0 Å². The summed E-state index contributed by atoms with van der Waals surface area (Å²) in [6.45, 7) is 6.85. The standard InChI is InChI=1S/C11H21O3PS/c1-4-7-13-15(12,14-8-5-2)9-11-16-10-6-3/h4-8,10H2,1-3H3. The van der Waals surface area contributed by atoms with Crippen molar-refractivity contribution in [2.45, 2.75) is 40.0 Å². The van der Waals surface area contributed by atoms with Crippen molar-refractivity contribution in [3.05, 3.63) is 0 Å². The van der Waals surface area contributed by atoms with E-state index in [4.69, 9.17) is 9.05 Å². The van der Waals surface area contributed by atoms with Crippen LogP contribution in [0.25, 0.3) is 0 Å². The van der Waals surface area contributed by atoms with Gasteiger partial charge in [0.25, 0.3) is 0 Å². The van der Waals surface area contributed by atoms with Crippen molar-refractivity contribution in [2.75, 3.05) is 19.0 Å². The monoisotopic (exact) mass is 264 g/mol. The van der Waals surface area contributed by atoms with Gasteiger partial charge in [-0.2, -0.15) is 0 Å². The van der Waals surface area contributed by atoms with E-state index in [1.54, 1.807) is 0 Å². The van der Waals surface area contributed by atoms with Gasteiger partial charge in [0.05, 0.1) is 13.2 Å². The molecular formula is C11H21O3PS. The van der Waals surface area contributed by atoms with Crippen LogP contribution in [0.4, 0.5) is 0 Å². The second-order valence-corrected chi connectivity index (χ2v) is 5.86. The summed E-state index contributed by atoms with van der Waals surface area (Å²) in [5.41, 5.74) is 2.62. The maximum absolute atomic E-state index is 12.1. The fourth-order valence-electron chi connectivity index (χ4n) is 0.766. The summed E-state index contributed by atoms with van der Waals surface area (Å²) in [4.78, 5) is 0. The molecule has 0 fully saturated rings. The molecule has 0 aromatic rings. The molecule has 0 saturated heterocycles. The van der Waals surface area contributed by atoms with Gasteiger partial charge in [-0.1, -0.05) is 32.5 Å². The normalized spacial score (nSPS) is 10.9. The summed E-state index contributed by atoms with van der Waals surface area (Å²) >= 11 is 1.45. The van der Waals surface area contributed by atoms with Crippen LogP contribution in [-0.4, -0.2) is 19.0 Å². The van der Waals surface area contributed by atoms with Gasteiger partial charge in [-0.25, -0.2) is 4.57 Å². The Morgan fingerprint density at radius 2 is 1.62 bits per heavy atom. The van der Waals surface area contributed by atoms with E-state index in [0.29, 0.717) is 13.2 Å². The van der Waals surface area contributed by atoms with E-state index in [0.717, 1.165) is 25.0 Å². The molecule has 0 radical (unpaired) electrons. The summed E-state index contributed by atoms with van der Waals surface area (Å²) in [7, 11) is -3.17. The van der Waals surface area contributed by atoms with Gasteiger partial charge >= 0.3 is 7.60 Å². The third-order valence-electron chi connectivity index (χ3n) is 1.49. The number of hydrogen-bond donors (Lipinski definition) is 0. The van der Waals surface area contributed by atoms with E-state index >= 15 is 0 Å². The predicted molar refractivity (Wildman–Crippen MR) is 70.6 cm³/mol. The minimum absolute atomic E-state index is 0.425. The zero-order valence-corrected chi connectivity index (χ0v) is 12.0. The Hall–Kier alpha value is 0.0600. The smallest absolute Gasteiger partial charge is 0.299 e. The first kappa shape index (κ1) is 16.1. The maximum atomic E-state index is 12.1. The van der Waals surface area contributed by atoms with Crippen molar-refractivity contribution in [1.82, 2.24) is 0 Å². The third-order valence-corrected chi connectivity index (χ3v) is 3.93. The summed E-state index contributed by atoms with van der Waals surface area (Å²) in [6.07, 6.45) is 2.67. The van der Waals surface area contributed by atoms with Gasteiger partial charge in [0, 0.05) is 11.4 Å². The van der Waals surface area contributed by atoms with Crippen LogP contribution in [0.1, 0.15) is 40.0 Å². The molecule has 3 nitrogen and oxygen atoms in total. The quantitative estimate of drug-likeness (QED) is 0.376. The Morgan fingerprint density at radius 1 is 1.06 bits per heavy atom. The molecule has 0 aliphatic carbocycles. The highest BCUT2D eigenvalue weighted by Gasteiger charge is 2.20. The Kier molecular flexibility index (Phi) is 10.3. The zero-order chi connectivity index (χ0) is 12.3. The third kappa shape index (κ3) is 8.24. The van der Waals surface area contributed by atoms with Crippen LogP contribution in [-0.2, 0) is 13.6 Å². The van der Waals surface area contributed by atoms with Gasteiger partial charge in [0.15, 0.2) is 0 Å². The highest BCUT2D eigenvalue weighted by molar-refractivity contribution is 8.04. The number of rotatable bonds is 8. The topological polar surface area (TPSA) is 35.5 Å². The van der Waals surface area contributed by atoms with Crippen molar-refractivity contribution in [1.29, 1.82) is 0 Å². The molecule has 0 N–H and O–H groups in total. The lowest BCUT2D eigenvalue weighted by atomic mass is 10.5. The molecule has 0 aromatic carbocycles. The first-order chi connectivity index (χ1) is 7.68. The van der Waals surface area contributed by atoms with Crippen LogP contribution in [0.5, 0.6) is 0 Å². The fourth-order valence-corrected chi connectivity index (χ4v) is 2.83. The van der Waals surface area contributed by atoms with Crippen LogP contribution < -0.4 is 0 Å². The first-order valence-electron chi connectivity index (χ1n) is 5.71. The lowest BCUT2D eigenvalue weighted by Crippen LogP contribution is -1.96. The molecule has 16 heavy (non-hydrogen) atoms. The molecule has 0 saturated carbocycles. The molecule has 94 valence electrons.